The Morgan fingerprint density at radius 1 is 1.90 bits per heavy atom. The fraction of sp³-hybridized carbons (Fsp3) is 0.750. The van der Waals surface area contributed by atoms with E-state index in [1.165, 1.54) is 6.42 Å². The molecule has 3 N–H and O–H groups in total. The van der Waals surface area contributed by atoms with Crippen LogP contribution in [0.3, 0.4) is 0 Å². The molecule has 1 fully saturated rings. The summed E-state index contributed by atoms with van der Waals surface area (Å²) in [5.74, 6) is 7.02. The predicted octanol–water partition coefficient (Wildman–Crippen LogP) is 1.05. The summed E-state index contributed by atoms with van der Waals surface area (Å²) in [5, 5.41) is 0. The summed E-state index contributed by atoms with van der Waals surface area (Å²) in [7, 11) is 0. The van der Waals surface area contributed by atoms with Gasteiger partial charge in [-0.3, -0.25) is 11.3 Å². The van der Waals surface area contributed by atoms with E-state index in [1.54, 1.807) is 0 Å². The highest BCUT2D eigenvalue weighted by molar-refractivity contribution is 4.94. The van der Waals surface area contributed by atoms with Crippen molar-refractivity contribution >= 4 is 0 Å². The van der Waals surface area contributed by atoms with Crippen LogP contribution in [0.5, 0.6) is 0 Å². The molecule has 0 spiro atoms. The van der Waals surface area contributed by atoms with Crippen molar-refractivity contribution in [3.05, 3.63) is 12.7 Å². The lowest BCUT2D eigenvalue weighted by molar-refractivity contribution is 0.461. The number of nitrogens with one attached hydrogen (secondary N) is 1. The minimum Gasteiger partial charge on any atom is -0.271 e. The molecule has 58 valence electrons. The lowest BCUT2D eigenvalue weighted by Crippen LogP contribution is -2.36. The third kappa shape index (κ3) is 1.58. The topological polar surface area (TPSA) is 38.0 Å². The molecule has 0 bridgehead atoms. The average molecular weight is 140 g/mol. The monoisotopic (exact) mass is 140 g/mol. The van der Waals surface area contributed by atoms with Crippen molar-refractivity contribution in [3.8, 4) is 0 Å². The van der Waals surface area contributed by atoms with Crippen molar-refractivity contribution in [2.45, 2.75) is 25.8 Å². The first-order chi connectivity index (χ1) is 4.79. The Bertz CT molecular complexity index is 122. The van der Waals surface area contributed by atoms with E-state index in [2.05, 4.69) is 18.9 Å². The molecule has 0 aromatic carbocycles. The van der Waals surface area contributed by atoms with Gasteiger partial charge in [0.1, 0.15) is 0 Å². The Labute approximate surface area is 62.5 Å². The van der Waals surface area contributed by atoms with Gasteiger partial charge in [-0.15, -0.1) is 6.58 Å². The quantitative estimate of drug-likeness (QED) is 0.348. The van der Waals surface area contributed by atoms with Crippen LogP contribution in [0.25, 0.3) is 0 Å². The highest BCUT2D eigenvalue weighted by Gasteiger charge is 2.38. The minimum atomic E-state index is 0.465. The summed E-state index contributed by atoms with van der Waals surface area (Å²) >= 11 is 0. The van der Waals surface area contributed by atoms with Crippen LogP contribution in [0.1, 0.15) is 19.8 Å². The molecule has 3 unspecified atom stereocenters. The molecule has 0 saturated heterocycles. The Balaban J connectivity index is 2.27. The van der Waals surface area contributed by atoms with Gasteiger partial charge in [-0.2, -0.15) is 0 Å². The Morgan fingerprint density at radius 2 is 2.50 bits per heavy atom. The number of hydrazine groups is 1. The maximum atomic E-state index is 5.36. The van der Waals surface area contributed by atoms with E-state index in [0.717, 1.165) is 18.3 Å². The Morgan fingerprint density at radius 3 is 2.80 bits per heavy atom. The van der Waals surface area contributed by atoms with Crippen molar-refractivity contribution in [1.82, 2.24) is 5.43 Å². The highest BCUT2D eigenvalue weighted by Crippen LogP contribution is 2.41. The van der Waals surface area contributed by atoms with E-state index >= 15 is 0 Å². The third-order valence-electron chi connectivity index (χ3n) is 2.32. The lowest BCUT2D eigenvalue weighted by Gasteiger charge is -2.11. The van der Waals surface area contributed by atoms with Gasteiger partial charge in [0.2, 0.25) is 0 Å². The zero-order chi connectivity index (χ0) is 7.56. The molecule has 2 nitrogen and oxygen atoms in total. The van der Waals surface area contributed by atoms with Crippen molar-refractivity contribution in [1.29, 1.82) is 0 Å². The van der Waals surface area contributed by atoms with Crippen LogP contribution in [-0.2, 0) is 0 Å². The van der Waals surface area contributed by atoms with Crippen LogP contribution in [0.2, 0.25) is 0 Å². The second kappa shape index (κ2) is 3.17. The fourth-order valence-corrected chi connectivity index (χ4v) is 1.46. The van der Waals surface area contributed by atoms with E-state index in [4.69, 9.17) is 5.84 Å². The number of rotatable bonds is 4. The maximum Gasteiger partial charge on any atom is 0.0275 e. The molecule has 0 aliphatic heterocycles. The first-order valence-electron chi connectivity index (χ1n) is 3.86. The van der Waals surface area contributed by atoms with Crippen LogP contribution in [0, 0.1) is 11.8 Å². The van der Waals surface area contributed by atoms with Gasteiger partial charge in [0, 0.05) is 6.04 Å². The predicted molar refractivity (Wildman–Crippen MR) is 43.2 cm³/mol. The van der Waals surface area contributed by atoms with E-state index in [1.807, 2.05) is 6.08 Å². The van der Waals surface area contributed by atoms with E-state index in [-0.39, 0.29) is 0 Å². The average Bonchev–Trinajstić information content (AvgIpc) is 2.62. The molecule has 0 aromatic rings. The minimum absolute atomic E-state index is 0.465. The molecule has 2 heteroatoms. The van der Waals surface area contributed by atoms with Crippen molar-refractivity contribution in [3.63, 3.8) is 0 Å². The Hall–Kier alpha value is -0.340. The summed E-state index contributed by atoms with van der Waals surface area (Å²) in [6.07, 6.45) is 4.24. The van der Waals surface area contributed by atoms with Crippen molar-refractivity contribution in [2.24, 2.45) is 17.7 Å². The first-order valence-corrected chi connectivity index (χ1v) is 3.86. The largest absolute Gasteiger partial charge is 0.271 e. The van der Waals surface area contributed by atoms with E-state index in [0.29, 0.717) is 6.04 Å². The van der Waals surface area contributed by atoms with E-state index in [9.17, 15) is 0 Å². The van der Waals surface area contributed by atoms with Gasteiger partial charge in [0.05, 0.1) is 0 Å². The zero-order valence-corrected chi connectivity index (χ0v) is 6.51. The Kier molecular flexibility index (Phi) is 2.46. The van der Waals surface area contributed by atoms with Crippen molar-refractivity contribution in [2.75, 3.05) is 0 Å². The summed E-state index contributed by atoms with van der Waals surface area (Å²) in [5.41, 5.74) is 2.82. The molecule has 10 heavy (non-hydrogen) atoms. The smallest absolute Gasteiger partial charge is 0.0275 e. The van der Waals surface area contributed by atoms with Gasteiger partial charge in [-0.05, 0) is 24.7 Å². The van der Waals surface area contributed by atoms with Gasteiger partial charge in [0.15, 0.2) is 0 Å². The van der Waals surface area contributed by atoms with Crippen LogP contribution < -0.4 is 11.3 Å². The second-order valence-corrected chi connectivity index (χ2v) is 3.17. The molecule has 0 amide bonds. The van der Waals surface area contributed by atoms with Crippen LogP contribution in [0.15, 0.2) is 12.7 Å². The summed E-state index contributed by atoms with van der Waals surface area (Å²) in [4.78, 5) is 0. The molecule has 0 aromatic heterocycles. The fourth-order valence-electron chi connectivity index (χ4n) is 1.46. The van der Waals surface area contributed by atoms with Gasteiger partial charge in [-0.1, -0.05) is 13.0 Å². The third-order valence-corrected chi connectivity index (χ3v) is 2.32. The highest BCUT2D eigenvalue weighted by atomic mass is 15.2. The molecular formula is C8H16N2. The second-order valence-electron chi connectivity index (χ2n) is 3.17. The normalized spacial score (nSPS) is 33.4. The zero-order valence-electron chi connectivity index (χ0n) is 6.51. The van der Waals surface area contributed by atoms with Crippen LogP contribution in [-0.4, -0.2) is 6.04 Å². The summed E-state index contributed by atoms with van der Waals surface area (Å²) in [6.45, 7) is 5.95. The summed E-state index contributed by atoms with van der Waals surface area (Å²) in [6, 6.07) is 0.465. The van der Waals surface area contributed by atoms with Gasteiger partial charge in [-0.25, -0.2) is 0 Å². The lowest BCUT2D eigenvalue weighted by atomic mass is 10.1. The van der Waals surface area contributed by atoms with Gasteiger partial charge < -0.3 is 0 Å². The number of nitrogens with two attached hydrogens (primary N) is 1. The number of hydrogen-bond acceptors (Lipinski definition) is 2. The molecule has 1 aliphatic carbocycles. The van der Waals surface area contributed by atoms with Gasteiger partial charge >= 0.3 is 0 Å². The molecule has 1 saturated carbocycles. The molecule has 1 aliphatic rings. The van der Waals surface area contributed by atoms with Crippen LogP contribution in [0.4, 0.5) is 0 Å². The van der Waals surface area contributed by atoms with E-state index < -0.39 is 0 Å². The summed E-state index contributed by atoms with van der Waals surface area (Å²) < 4.78 is 0. The SMILES string of the molecule is C=CCC(NN)C1CC1C. The van der Waals surface area contributed by atoms with Crippen molar-refractivity contribution < 1.29 is 0 Å². The standard InChI is InChI=1S/C8H16N2/c1-3-4-8(10-9)7-5-6(7)2/h3,6-8,10H,1,4-5,9H2,2H3. The molecule has 1 rings (SSSR count). The number of hydrogen-bond donors (Lipinski definition) is 2. The molecule has 3 atom stereocenters. The maximum absolute atomic E-state index is 5.36. The molecular weight excluding hydrogens is 124 g/mol. The van der Waals surface area contributed by atoms with Gasteiger partial charge in [0.25, 0.3) is 0 Å². The van der Waals surface area contributed by atoms with Crippen LogP contribution >= 0.6 is 0 Å². The molecule has 0 heterocycles. The first kappa shape index (κ1) is 7.76. The molecule has 0 radical (unpaired) electrons.